The van der Waals surface area contributed by atoms with E-state index in [1.54, 1.807) is 11.3 Å². The van der Waals surface area contributed by atoms with Crippen molar-refractivity contribution in [1.82, 2.24) is 4.98 Å². The molecule has 2 N–H and O–H groups in total. The van der Waals surface area contributed by atoms with E-state index in [2.05, 4.69) is 10.4 Å². The van der Waals surface area contributed by atoms with Gasteiger partial charge in [0.05, 0.1) is 17.3 Å². The van der Waals surface area contributed by atoms with E-state index in [4.69, 9.17) is 10.5 Å². The number of nitrogens with two attached hydrogens (primary N) is 1. The number of hydrogen-bond donors (Lipinski definition) is 1. The minimum atomic E-state index is 0.201. The lowest BCUT2D eigenvalue weighted by molar-refractivity contribution is 0.0449. The summed E-state index contributed by atoms with van der Waals surface area (Å²) >= 11 is 1.70. The molecule has 0 aromatic carbocycles. The monoisotopic (exact) mass is 226 g/mol. The number of thiazole rings is 1. The second-order valence-corrected chi connectivity index (χ2v) is 5.27. The van der Waals surface area contributed by atoms with Crippen LogP contribution in [0, 0.1) is 12.8 Å². The third-order valence-corrected chi connectivity index (χ3v) is 3.73. The largest absolute Gasteiger partial charge is 0.381 e. The Balaban J connectivity index is 1.88. The van der Waals surface area contributed by atoms with Crippen LogP contribution < -0.4 is 5.73 Å². The fourth-order valence-corrected chi connectivity index (χ4v) is 2.64. The van der Waals surface area contributed by atoms with Crippen LogP contribution in [0.1, 0.15) is 23.5 Å². The number of ether oxygens (including phenoxy) is 1. The normalized spacial score (nSPS) is 24.0. The van der Waals surface area contributed by atoms with E-state index in [9.17, 15) is 0 Å². The zero-order valence-electron chi connectivity index (χ0n) is 9.11. The number of hydrogen-bond acceptors (Lipinski definition) is 4. The van der Waals surface area contributed by atoms with Gasteiger partial charge in [-0.3, -0.25) is 0 Å². The number of aryl methyl sites for hydroxylation is 1. The molecule has 3 nitrogen and oxygen atoms in total. The highest BCUT2D eigenvalue weighted by Gasteiger charge is 2.21. The molecule has 1 aliphatic heterocycles. The van der Waals surface area contributed by atoms with Crippen LogP contribution in [-0.2, 0) is 11.2 Å². The Bertz CT molecular complexity index is 307. The Morgan fingerprint density at radius 2 is 2.60 bits per heavy atom. The molecule has 1 fully saturated rings. The molecule has 1 aromatic heterocycles. The van der Waals surface area contributed by atoms with Gasteiger partial charge in [-0.05, 0) is 25.7 Å². The van der Waals surface area contributed by atoms with Crippen LogP contribution in [0.15, 0.2) is 5.38 Å². The second kappa shape index (κ2) is 5.05. The SMILES string of the molecule is Cc1nc(CC(N)C2CCCOC2)cs1. The fraction of sp³-hybridized carbons (Fsp3) is 0.727. The third kappa shape index (κ3) is 3.00. The lowest BCUT2D eigenvalue weighted by Crippen LogP contribution is -2.37. The fourth-order valence-electron chi connectivity index (χ4n) is 2.01. The van der Waals surface area contributed by atoms with Crippen molar-refractivity contribution in [2.75, 3.05) is 13.2 Å². The smallest absolute Gasteiger partial charge is 0.0897 e. The molecule has 1 saturated heterocycles. The van der Waals surface area contributed by atoms with E-state index in [1.165, 1.54) is 6.42 Å². The van der Waals surface area contributed by atoms with Gasteiger partial charge in [-0.25, -0.2) is 4.98 Å². The Morgan fingerprint density at radius 1 is 1.73 bits per heavy atom. The van der Waals surface area contributed by atoms with E-state index in [1.807, 2.05) is 6.92 Å². The summed E-state index contributed by atoms with van der Waals surface area (Å²) in [6, 6.07) is 0.201. The van der Waals surface area contributed by atoms with E-state index in [-0.39, 0.29) is 6.04 Å². The lowest BCUT2D eigenvalue weighted by atomic mass is 9.91. The van der Waals surface area contributed by atoms with E-state index in [0.29, 0.717) is 5.92 Å². The van der Waals surface area contributed by atoms with Crippen molar-refractivity contribution in [2.24, 2.45) is 11.7 Å². The van der Waals surface area contributed by atoms with Crippen LogP contribution in [-0.4, -0.2) is 24.2 Å². The van der Waals surface area contributed by atoms with Crippen molar-refractivity contribution in [3.05, 3.63) is 16.1 Å². The molecule has 1 aliphatic rings. The zero-order chi connectivity index (χ0) is 10.7. The standard InChI is InChI=1S/C11H18N2OS/c1-8-13-10(7-15-8)5-11(12)9-3-2-4-14-6-9/h7,9,11H,2-6,12H2,1H3. The molecule has 2 atom stereocenters. The molecular weight excluding hydrogens is 208 g/mol. The van der Waals surface area contributed by atoms with Gasteiger partial charge in [0, 0.05) is 24.4 Å². The third-order valence-electron chi connectivity index (χ3n) is 2.91. The first-order valence-corrected chi connectivity index (χ1v) is 6.38. The van der Waals surface area contributed by atoms with E-state index in [0.717, 1.165) is 36.8 Å². The predicted octanol–water partition coefficient (Wildman–Crippen LogP) is 1.75. The molecule has 1 aromatic rings. The average Bonchev–Trinajstić information content (AvgIpc) is 2.65. The quantitative estimate of drug-likeness (QED) is 0.854. The molecule has 0 aliphatic carbocycles. The predicted molar refractivity (Wildman–Crippen MR) is 62.1 cm³/mol. The summed E-state index contributed by atoms with van der Waals surface area (Å²) in [5.74, 6) is 0.515. The highest BCUT2D eigenvalue weighted by molar-refractivity contribution is 7.09. The highest BCUT2D eigenvalue weighted by Crippen LogP contribution is 2.19. The number of rotatable bonds is 3. The van der Waals surface area contributed by atoms with Crippen molar-refractivity contribution >= 4 is 11.3 Å². The number of aromatic nitrogens is 1. The maximum absolute atomic E-state index is 6.17. The van der Waals surface area contributed by atoms with Crippen molar-refractivity contribution in [1.29, 1.82) is 0 Å². The van der Waals surface area contributed by atoms with Crippen molar-refractivity contribution in [3.8, 4) is 0 Å². The molecule has 84 valence electrons. The van der Waals surface area contributed by atoms with Gasteiger partial charge < -0.3 is 10.5 Å². The van der Waals surface area contributed by atoms with Gasteiger partial charge in [-0.1, -0.05) is 0 Å². The molecule has 0 amide bonds. The van der Waals surface area contributed by atoms with Gasteiger partial charge in [0.1, 0.15) is 0 Å². The number of nitrogens with zero attached hydrogens (tertiary/aromatic N) is 1. The minimum absolute atomic E-state index is 0.201. The van der Waals surface area contributed by atoms with Crippen LogP contribution in [0.4, 0.5) is 0 Å². The first-order chi connectivity index (χ1) is 7.25. The Kier molecular flexibility index (Phi) is 3.72. The van der Waals surface area contributed by atoms with Crippen LogP contribution >= 0.6 is 11.3 Å². The summed E-state index contributed by atoms with van der Waals surface area (Å²) in [7, 11) is 0. The summed E-state index contributed by atoms with van der Waals surface area (Å²) in [5.41, 5.74) is 7.31. The van der Waals surface area contributed by atoms with Crippen LogP contribution in [0.5, 0.6) is 0 Å². The van der Waals surface area contributed by atoms with Gasteiger partial charge in [-0.2, -0.15) is 0 Å². The average molecular weight is 226 g/mol. The molecule has 2 heterocycles. The summed E-state index contributed by atoms with van der Waals surface area (Å²) < 4.78 is 5.45. The topological polar surface area (TPSA) is 48.1 Å². The maximum Gasteiger partial charge on any atom is 0.0897 e. The first kappa shape index (κ1) is 11.0. The molecule has 0 spiro atoms. The second-order valence-electron chi connectivity index (χ2n) is 4.20. The molecule has 2 unspecified atom stereocenters. The lowest BCUT2D eigenvalue weighted by Gasteiger charge is -2.27. The molecule has 15 heavy (non-hydrogen) atoms. The molecule has 4 heteroatoms. The van der Waals surface area contributed by atoms with Crippen molar-refractivity contribution in [2.45, 2.75) is 32.2 Å². The first-order valence-electron chi connectivity index (χ1n) is 5.50. The van der Waals surface area contributed by atoms with Crippen LogP contribution in [0.2, 0.25) is 0 Å². The Labute approximate surface area is 94.7 Å². The minimum Gasteiger partial charge on any atom is -0.381 e. The van der Waals surface area contributed by atoms with Gasteiger partial charge in [-0.15, -0.1) is 11.3 Å². The summed E-state index contributed by atoms with van der Waals surface area (Å²) in [6.07, 6.45) is 3.23. The maximum atomic E-state index is 6.17. The molecule has 0 bridgehead atoms. The van der Waals surface area contributed by atoms with Crippen LogP contribution in [0.3, 0.4) is 0 Å². The molecule has 0 saturated carbocycles. The van der Waals surface area contributed by atoms with Gasteiger partial charge in [0.15, 0.2) is 0 Å². The van der Waals surface area contributed by atoms with Gasteiger partial charge in [0.2, 0.25) is 0 Å². The highest BCUT2D eigenvalue weighted by atomic mass is 32.1. The van der Waals surface area contributed by atoms with E-state index < -0.39 is 0 Å². The van der Waals surface area contributed by atoms with Gasteiger partial charge >= 0.3 is 0 Å². The zero-order valence-corrected chi connectivity index (χ0v) is 9.93. The van der Waals surface area contributed by atoms with Gasteiger partial charge in [0.25, 0.3) is 0 Å². The Hall–Kier alpha value is -0.450. The molecule has 2 rings (SSSR count). The molecular formula is C11H18N2OS. The van der Waals surface area contributed by atoms with Crippen molar-refractivity contribution in [3.63, 3.8) is 0 Å². The van der Waals surface area contributed by atoms with Crippen molar-refractivity contribution < 1.29 is 4.74 Å². The summed E-state index contributed by atoms with van der Waals surface area (Å²) in [5, 5.41) is 3.23. The Morgan fingerprint density at radius 3 is 3.20 bits per heavy atom. The van der Waals surface area contributed by atoms with Crippen LogP contribution in [0.25, 0.3) is 0 Å². The summed E-state index contributed by atoms with van der Waals surface area (Å²) in [6.45, 7) is 3.76. The summed E-state index contributed by atoms with van der Waals surface area (Å²) in [4.78, 5) is 4.44. The van der Waals surface area contributed by atoms with E-state index >= 15 is 0 Å². The molecule has 0 radical (unpaired) electrons.